The van der Waals surface area contributed by atoms with Crippen LogP contribution in [0.15, 0.2) is 18.2 Å². The summed E-state index contributed by atoms with van der Waals surface area (Å²) < 4.78 is 0. The van der Waals surface area contributed by atoms with Crippen molar-refractivity contribution in [3.8, 4) is 0 Å². The topological polar surface area (TPSA) is 116 Å². The number of aliphatic hydroxyl groups excluding tert-OH is 2. The standard InChI is InChI=1S/C13H17N3O5/c1-2-14-13(19)8-3-4-9(10(5-8)16(20)21)15-6-11(17)12(18)7-15/h3-5,11-12,17-18H,2,6-7H2,1H3,(H,14,19). The van der Waals surface area contributed by atoms with Crippen LogP contribution in [0.3, 0.4) is 0 Å². The lowest BCUT2D eigenvalue weighted by atomic mass is 10.1. The fourth-order valence-electron chi connectivity index (χ4n) is 2.31. The number of anilines is 1. The van der Waals surface area contributed by atoms with Crippen LogP contribution in [0.5, 0.6) is 0 Å². The highest BCUT2D eigenvalue weighted by atomic mass is 16.6. The number of nitrogens with zero attached hydrogens (tertiary/aromatic N) is 2. The molecule has 0 radical (unpaired) electrons. The van der Waals surface area contributed by atoms with Crippen molar-refractivity contribution in [1.29, 1.82) is 0 Å². The summed E-state index contributed by atoms with van der Waals surface area (Å²) in [6.45, 7) is 2.41. The van der Waals surface area contributed by atoms with Crippen LogP contribution in [0.2, 0.25) is 0 Å². The summed E-state index contributed by atoms with van der Waals surface area (Å²) in [7, 11) is 0. The maximum Gasteiger partial charge on any atom is 0.293 e. The van der Waals surface area contributed by atoms with E-state index in [4.69, 9.17) is 0 Å². The Morgan fingerprint density at radius 2 is 2.05 bits per heavy atom. The van der Waals surface area contributed by atoms with Gasteiger partial charge in [0.2, 0.25) is 0 Å². The molecule has 2 unspecified atom stereocenters. The van der Waals surface area contributed by atoms with Crippen LogP contribution in [0, 0.1) is 10.1 Å². The van der Waals surface area contributed by atoms with E-state index in [1.807, 2.05) is 0 Å². The predicted molar refractivity (Wildman–Crippen MR) is 75.3 cm³/mol. The summed E-state index contributed by atoms with van der Waals surface area (Å²) in [5, 5.41) is 32.9. The number of hydrogen-bond donors (Lipinski definition) is 3. The van der Waals surface area contributed by atoms with Crippen molar-refractivity contribution in [3.63, 3.8) is 0 Å². The normalized spacial score (nSPS) is 21.4. The molecule has 21 heavy (non-hydrogen) atoms. The average molecular weight is 295 g/mol. The minimum absolute atomic E-state index is 0.114. The van der Waals surface area contributed by atoms with E-state index in [1.54, 1.807) is 6.92 Å². The van der Waals surface area contributed by atoms with E-state index < -0.39 is 17.1 Å². The lowest BCUT2D eigenvalue weighted by molar-refractivity contribution is -0.384. The van der Waals surface area contributed by atoms with Gasteiger partial charge in [-0.25, -0.2) is 0 Å². The molecule has 0 aromatic heterocycles. The summed E-state index contributed by atoms with van der Waals surface area (Å²) >= 11 is 0. The fourth-order valence-corrected chi connectivity index (χ4v) is 2.31. The van der Waals surface area contributed by atoms with Gasteiger partial charge in [0.25, 0.3) is 11.6 Å². The van der Waals surface area contributed by atoms with E-state index in [2.05, 4.69) is 5.32 Å². The Kier molecular flexibility index (Phi) is 4.39. The first-order valence-electron chi connectivity index (χ1n) is 6.61. The van der Waals surface area contributed by atoms with Gasteiger partial charge in [-0.15, -0.1) is 0 Å². The number of β-amino-alcohol motifs (C(OH)–C–C–N with tert-alkyl or cyclic N) is 2. The molecule has 1 aliphatic rings. The van der Waals surface area contributed by atoms with Crippen molar-refractivity contribution >= 4 is 17.3 Å². The summed E-state index contributed by atoms with van der Waals surface area (Å²) in [6, 6.07) is 4.16. The van der Waals surface area contributed by atoms with E-state index in [0.717, 1.165) is 0 Å². The van der Waals surface area contributed by atoms with Crippen LogP contribution in [0.25, 0.3) is 0 Å². The number of rotatable bonds is 4. The van der Waals surface area contributed by atoms with Gasteiger partial charge in [-0.2, -0.15) is 0 Å². The largest absolute Gasteiger partial charge is 0.389 e. The van der Waals surface area contributed by atoms with Crippen LogP contribution >= 0.6 is 0 Å². The third-order valence-corrected chi connectivity index (χ3v) is 3.37. The van der Waals surface area contributed by atoms with Crippen LogP contribution < -0.4 is 10.2 Å². The molecular formula is C13H17N3O5. The first kappa shape index (κ1) is 15.2. The van der Waals surface area contributed by atoms with Gasteiger partial charge in [0, 0.05) is 31.3 Å². The predicted octanol–water partition coefficient (Wildman–Crippen LogP) is -0.114. The quantitative estimate of drug-likeness (QED) is 0.527. The second-order valence-electron chi connectivity index (χ2n) is 4.86. The van der Waals surface area contributed by atoms with Crippen molar-refractivity contribution in [2.75, 3.05) is 24.5 Å². The Balaban J connectivity index is 2.34. The Morgan fingerprint density at radius 3 is 2.57 bits per heavy atom. The summed E-state index contributed by atoms with van der Waals surface area (Å²) in [4.78, 5) is 23.9. The molecule has 2 rings (SSSR count). The van der Waals surface area contributed by atoms with Gasteiger partial charge < -0.3 is 20.4 Å². The van der Waals surface area contributed by atoms with Crippen molar-refractivity contribution in [1.82, 2.24) is 5.32 Å². The molecule has 114 valence electrons. The Labute approximate surface area is 121 Å². The third kappa shape index (κ3) is 3.11. The molecule has 0 saturated carbocycles. The number of amides is 1. The zero-order valence-electron chi connectivity index (χ0n) is 11.5. The fraction of sp³-hybridized carbons (Fsp3) is 0.462. The molecule has 1 aromatic rings. The molecule has 3 N–H and O–H groups in total. The van der Waals surface area contributed by atoms with Crippen molar-refractivity contribution in [2.24, 2.45) is 0 Å². The van der Waals surface area contributed by atoms with Crippen LogP contribution in [-0.4, -0.2) is 52.9 Å². The Bertz CT molecular complexity index is 553. The number of nitro groups is 1. The zero-order chi connectivity index (χ0) is 15.6. The smallest absolute Gasteiger partial charge is 0.293 e. The molecule has 0 spiro atoms. The second-order valence-corrected chi connectivity index (χ2v) is 4.86. The van der Waals surface area contributed by atoms with Gasteiger partial charge in [0.05, 0.1) is 17.1 Å². The SMILES string of the molecule is CCNC(=O)c1ccc(N2CC(O)C(O)C2)c([N+](=O)[O-])c1. The molecule has 1 aromatic carbocycles. The van der Waals surface area contributed by atoms with E-state index in [0.29, 0.717) is 6.54 Å². The molecule has 1 saturated heterocycles. The van der Waals surface area contributed by atoms with Gasteiger partial charge in [0.15, 0.2) is 0 Å². The molecule has 1 aliphatic heterocycles. The average Bonchev–Trinajstić information content (AvgIpc) is 2.78. The molecule has 1 amide bonds. The highest BCUT2D eigenvalue weighted by molar-refractivity contribution is 5.95. The van der Waals surface area contributed by atoms with Gasteiger partial charge >= 0.3 is 0 Å². The van der Waals surface area contributed by atoms with Crippen molar-refractivity contribution in [2.45, 2.75) is 19.1 Å². The molecule has 0 bridgehead atoms. The first-order valence-corrected chi connectivity index (χ1v) is 6.61. The number of carbonyl (C=O) groups excluding carboxylic acids is 1. The summed E-state index contributed by atoms with van der Waals surface area (Å²) in [5.41, 5.74) is 0.260. The van der Waals surface area contributed by atoms with Gasteiger partial charge in [0.1, 0.15) is 5.69 Å². The van der Waals surface area contributed by atoms with Crippen LogP contribution in [-0.2, 0) is 0 Å². The maximum absolute atomic E-state index is 11.7. The second kappa shape index (κ2) is 6.06. The van der Waals surface area contributed by atoms with E-state index >= 15 is 0 Å². The minimum Gasteiger partial charge on any atom is -0.389 e. The molecule has 8 heteroatoms. The van der Waals surface area contributed by atoms with Crippen LogP contribution in [0.1, 0.15) is 17.3 Å². The number of benzene rings is 1. The number of nitrogens with one attached hydrogen (secondary N) is 1. The zero-order valence-corrected chi connectivity index (χ0v) is 11.5. The van der Waals surface area contributed by atoms with Crippen LogP contribution in [0.4, 0.5) is 11.4 Å². The molecule has 0 aliphatic carbocycles. The highest BCUT2D eigenvalue weighted by Crippen LogP contribution is 2.31. The monoisotopic (exact) mass is 295 g/mol. The number of hydrogen-bond acceptors (Lipinski definition) is 6. The van der Waals surface area contributed by atoms with E-state index in [-0.39, 0.29) is 35.9 Å². The Hall–Kier alpha value is -2.19. The minimum atomic E-state index is -0.937. The number of aliphatic hydroxyl groups is 2. The lowest BCUT2D eigenvalue weighted by Crippen LogP contribution is -2.24. The third-order valence-electron chi connectivity index (χ3n) is 3.37. The van der Waals surface area contributed by atoms with Crippen molar-refractivity contribution < 1.29 is 19.9 Å². The highest BCUT2D eigenvalue weighted by Gasteiger charge is 2.33. The number of nitro benzene ring substituents is 1. The molecule has 8 nitrogen and oxygen atoms in total. The van der Waals surface area contributed by atoms with Crippen molar-refractivity contribution in [3.05, 3.63) is 33.9 Å². The van der Waals surface area contributed by atoms with E-state index in [9.17, 15) is 25.1 Å². The van der Waals surface area contributed by atoms with Gasteiger partial charge in [-0.3, -0.25) is 14.9 Å². The lowest BCUT2D eigenvalue weighted by Gasteiger charge is -2.18. The Morgan fingerprint density at radius 1 is 1.43 bits per heavy atom. The molecule has 1 heterocycles. The first-order chi connectivity index (χ1) is 9.93. The molecule has 1 fully saturated rings. The molecular weight excluding hydrogens is 278 g/mol. The maximum atomic E-state index is 11.7. The summed E-state index contributed by atoms with van der Waals surface area (Å²) in [6.07, 6.45) is -1.87. The van der Waals surface area contributed by atoms with E-state index in [1.165, 1.54) is 23.1 Å². The molecule has 2 atom stereocenters. The van der Waals surface area contributed by atoms with Gasteiger partial charge in [-0.1, -0.05) is 0 Å². The number of carbonyl (C=O) groups is 1. The summed E-state index contributed by atoms with van der Waals surface area (Å²) in [5.74, 6) is -0.381. The van der Waals surface area contributed by atoms with Gasteiger partial charge in [-0.05, 0) is 19.1 Å².